The molecular weight excluding hydrogens is 309 g/mol. The highest BCUT2D eigenvalue weighted by Gasteiger charge is 2.42. The molecule has 1 aliphatic carbocycles. The highest BCUT2D eigenvalue weighted by Crippen LogP contribution is 2.32. The Hall–Kier alpha value is -1.79. The molecule has 0 spiro atoms. The van der Waals surface area contributed by atoms with Crippen molar-refractivity contribution in [3.05, 3.63) is 24.4 Å². The average Bonchev–Trinajstić information content (AvgIpc) is 2.48. The van der Waals surface area contributed by atoms with E-state index in [0.717, 1.165) is 19.3 Å². The van der Waals surface area contributed by atoms with Crippen LogP contribution in [-0.4, -0.2) is 30.5 Å². The van der Waals surface area contributed by atoms with Gasteiger partial charge in [-0.2, -0.15) is 13.2 Å². The van der Waals surface area contributed by atoms with E-state index >= 15 is 0 Å². The fourth-order valence-electron chi connectivity index (χ4n) is 2.76. The van der Waals surface area contributed by atoms with Crippen LogP contribution in [0.1, 0.15) is 39.0 Å². The van der Waals surface area contributed by atoms with E-state index < -0.39 is 29.5 Å². The molecule has 0 amide bonds. The lowest BCUT2D eigenvalue weighted by molar-refractivity contribution is -0.138. The summed E-state index contributed by atoms with van der Waals surface area (Å²) < 4.78 is 44.8. The minimum atomic E-state index is -4.77. The van der Waals surface area contributed by atoms with Crippen LogP contribution in [0.15, 0.2) is 29.4 Å². The molecule has 0 aromatic carbocycles. The summed E-state index contributed by atoms with van der Waals surface area (Å²) in [4.78, 5) is 15.6. The van der Waals surface area contributed by atoms with E-state index in [2.05, 4.69) is 16.3 Å². The molecule has 0 saturated heterocycles. The summed E-state index contributed by atoms with van der Waals surface area (Å²) in [5.74, 6) is -1.11. The molecule has 1 rings (SSSR count). The lowest BCUT2D eigenvalue weighted by Crippen LogP contribution is -2.34. The molecule has 4 nitrogen and oxygen atoms in total. The number of carbonyl (C=O) groups is 1. The number of rotatable bonds is 6. The third kappa shape index (κ3) is 5.41. The molecule has 0 radical (unpaired) electrons. The number of hydrogen-bond acceptors (Lipinski definition) is 4. The Morgan fingerprint density at radius 3 is 2.57 bits per heavy atom. The zero-order valence-electron chi connectivity index (χ0n) is 13.2. The van der Waals surface area contributed by atoms with Crippen molar-refractivity contribution in [2.45, 2.75) is 51.2 Å². The molecule has 1 fully saturated rings. The fourth-order valence-corrected chi connectivity index (χ4v) is 2.76. The maximum Gasteiger partial charge on any atom is 0.433 e. The van der Waals surface area contributed by atoms with E-state index in [1.807, 2.05) is 0 Å². The summed E-state index contributed by atoms with van der Waals surface area (Å²) in [6.07, 6.45) is 1.27. The van der Waals surface area contributed by atoms with Gasteiger partial charge >= 0.3 is 12.1 Å². The molecule has 0 aromatic rings. The third-order valence-electron chi connectivity index (χ3n) is 3.82. The van der Waals surface area contributed by atoms with Gasteiger partial charge in [-0.05, 0) is 32.1 Å². The van der Waals surface area contributed by atoms with Crippen LogP contribution in [0.3, 0.4) is 0 Å². The van der Waals surface area contributed by atoms with Gasteiger partial charge in [-0.1, -0.05) is 18.9 Å². The highest BCUT2D eigenvalue weighted by molar-refractivity contribution is 6.22. The number of esters is 1. The predicted octanol–water partition coefficient (Wildman–Crippen LogP) is 3.53. The van der Waals surface area contributed by atoms with Crippen molar-refractivity contribution in [3.8, 4) is 0 Å². The fraction of sp³-hybridized carbons (Fsp3) is 0.625. The van der Waals surface area contributed by atoms with Crippen molar-refractivity contribution in [1.29, 1.82) is 0 Å². The molecule has 130 valence electrons. The van der Waals surface area contributed by atoms with Gasteiger partial charge in [0.2, 0.25) is 0 Å². The van der Waals surface area contributed by atoms with Gasteiger partial charge in [0.15, 0.2) is 5.71 Å². The van der Waals surface area contributed by atoms with Gasteiger partial charge in [-0.25, -0.2) is 4.79 Å². The number of alkyl halides is 3. The molecule has 7 heteroatoms. The minimum Gasteiger partial charge on any atom is -0.462 e. The summed E-state index contributed by atoms with van der Waals surface area (Å²) >= 11 is 0. The first-order chi connectivity index (χ1) is 10.8. The predicted molar refractivity (Wildman–Crippen MR) is 83.0 cm³/mol. The Labute approximate surface area is 134 Å². The van der Waals surface area contributed by atoms with Crippen LogP contribution in [0, 0.1) is 5.92 Å². The zero-order valence-corrected chi connectivity index (χ0v) is 13.2. The molecule has 0 aromatic heterocycles. The van der Waals surface area contributed by atoms with E-state index in [9.17, 15) is 18.0 Å². The van der Waals surface area contributed by atoms with Crippen LogP contribution in [0.4, 0.5) is 13.2 Å². The molecule has 23 heavy (non-hydrogen) atoms. The van der Waals surface area contributed by atoms with Crippen molar-refractivity contribution in [3.63, 3.8) is 0 Å². The van der Waals surface area contributed by atoms with Crippen LogP contribution in [0.25, 0.3) is 0 Å². The van der Waals surface area contributed by atoms with E-state index in [1.54, 1.807) is 6.08 Å². The number of nitrogens with zero attached hydrogens (tertiary/aromatic N) is 1. The Morgan fingerprint density at radius 2 is 2.04 bits per heavy atom. The number of allylic oxidation sites excluding steroid dienone is 1. The van der Waals surface area contributed by atoms with Crippen molar-refractivity contribution < 1.29 is 22.7 Å². The second kappa shape index (κ2) is 8.74. The highest BCUT2D eigenvalue weighted by atomic mass is 19.4. The Bertz CT molecular complexity index is 484. The first-order valence-corrected chi connectivity index (χ1v) is 7.70. The number of nitrogens with two attached hydrogens (primary N) is 1. The topological polar surface area (TPSA) is 64.7 Å². The Kier molecular flexibility index (Phi) is 7.32. The number of ether oxygens (including phenoxy) is 1. The lowest BCUT2D eigenvalue weighted by Gasteiger charge is -2.29. The molecule has 0 heterocycles. The summed E-state index contributed by atoms with van der Waals surface area (Å²) in [5, 5.41) is 0. The van der Waals surface area contributed by atoms with Crippen molar-refractivity contribution in [2.24, 2.45) is 16.6 Å². The molecule has 0 unspecified atom stereocenters. The largest absolute Gasteiger partial charge is 0.462 e. The van der Waals surface area contributed by atoms with Crippen molar-refractivity contribution >= 4 is 11.7 Å². The van der Waals surface area contributed by atoms with Gasteiger partial charge in [-0.15, -0.1) is 6.58 Å². The zero-order chi connectivity index (χ0) is 17.5. The third-order valence-corrected chi connectivity index (χ3v) is 3.82. The van der Waals surface area contributed by atoms with Gasteiger partial charge in [0.25, 0.3) is 0 Å². The number of carbonyl (C=O) groups excluding carboxylic acids is 1. The maximum atomic E-state index is 13.4. The lowest BCUT2D eigenvalue weighted by atomic mass is 9.82. The van der Waals surface area contributed by atoms with E-state index in [-0.39, 0.29) is 12.5 Å². The Morgan fingerprint density at radius 1 is 1.39 bits per heavy atom. The molecule has 0 aliphatic heterocycles. The molecule has 1 aliphatic rings. The monoisotopic (exact) mass is 332 g/mol. The maximum absolute atomic E-state index is 13.4. The van der Waals surface area contributed by atoms with Gasteiger partial charge < -0.3 is 10.5 Å². The first kappa shape index (κ1) is 19.3. The number of hydrogen-bond donors (Lipinski definition) is 1. The second-order valence-corrected chi connectivity index (χ2v) is 5.41. The minimum absolute atomic E-state index is 0.000167. The summed E-state index contributed by atoms with van der Waals surface area (Å²) in [7, 11) is 0. The van der Waals surface area contributed by atoms with Gasteiger partial charge in [-0.3, -0.25) is 4.99 Å². The molecule has 2 N–H and O–H groups in total. The normalized spacial score (nSPS) is 23.5. The van der Waals surface area contributed by atoms with Crippen LogP contribution in [0.2, 0.25) is 0 Å². The standard InChI is InChI=1S/C16H23F3N2O2/c1-3-7-11-8-5-6-9-13(11)21-14(16(17,18)19)12(10-20)15(22)23-4-2/h3,10-11,13H,1,4-9,20H2,2H3/t11-,13+/m1/s1. The summed E-state index contributed by atoms with van der Waals surface area (Å²) in [5.41, 5.74) is 3.26. The van der Waals surface area contributed by atoms with Crippen LogP contribution >= 0.6 is 0 Å². The summed E-state index contributed by atoms with van der Waals surface area (Å²) in [6, 6.07) is -0.497. The van der Waals surface area contributed by atoms with E-state index in [1.165, 1.54) is 6.92 Å². The quantitative estimate of drug-likeness (QED) is 0.350. The number of halogens is 3. The van der Waals surface area contributed by atoms with Gasteiger partial charge in [0.05, 0.1) is 12.6 Å². The summed E-state index contributed by atoms with van der Waals surface area (Å²) in [6.45, 7) is 5.12. The van der Waals surface area contributed by atoms with Crippen molar-refractivity contribution in [2.75, 3.05) is 6.61 Å². The van der Waals surface area contributed by atoms with Crippen LogP contribution in [-0.2, 0) is 9.53 Å². The molecule has 0 bridgehead atoms. The van der Waals surface area contributed by atoms with Gasteiger partial charge in [0, 0.05) is 6.20 Å². The number of aliphatic imine (C=N–C) groups is 1. The van der Waals surface area contributed by atoms with Crippen LogP contribution < -0.4 is 5.73 Å². The molecular formula is C16H23F3N2O2. The average molecular weight is 332 g/mol. The van der Waals surface area contributed by atoms with Gasteiger partial charge in [0.1, 0.15) is 5.57 Å². The first-order valence-electron chi connectivity index (χ1n) is 7.70. The van der Waals surface area contributed by atoms with E-state index in [0.29, 0.717) is 19.0 Å². The van der Waals surface area contributed by atoms with Crippen LogP contribution in [0.5, 0.6) is 0 Å². The SMILES string of the molecule is C=CC[C@@H]1CCCC[C@@H]1N=C(C(=CN)C(=O)OCC)C(F)(F)F. The second-order valence-electron chi connectivity index (χ2n) is 5.41. The molecule has 1 saturated carbocycles. The van der Waals surface area contributed by atoms with E-state index in [4.69, 9.17) is 5.73 Å². The Balaban J connectivity index is 3.18. The smallest absolute Gasteiger partial charge is 0.433 e. The molecule has 2 atom stereocenters. The van der Waals surface area contributed by atoms with Crippen molar-refractivity contribution in [1.82, 2.24) is 0 Å².